The molecule has 3 aromatic carbocycles. The molecule has 3 aromatic rings. The van der Waals surface area contributed by atoms with Gasteiger partial charge in [-0.2, -0.15) is 13.2 Å². The summed E-state index contributed by atoms with van der Waals surface area (Å²) in [6.07, 6.45) is -5.61. The molecule has 0 aliphatic carbocycles. The number of amides is 2. The molecule has 0 heterocycles. The molecule has 0 bridgehead atoms. The van der Waals surface area contributed by atoms with Crippen molar-refractivity contribution < 1.29 is 27.5 Å². The lowest BCUT2D eigenvalue weighted by molar-refractivity contribution is -0.137. The number of carbonyl (C=O) groups is 2. The van der Waals surface area contributed by atoms with E-state index < -0.39 is 23.8 Å². The van der Waals surface area contributed by atoms with Crippen LogP contribution in [0.3, 0.4) is 0 Å². The molecule has 2 amide bonds. The molecule has 0 fully saturated rings. The SMILES string of the molecule is Cc1cccc(NC(=O)c2ccc(OC(C)C(=O)Nc3cc(C(F)(F)F)ccc3Cl)cc2)c1C. The van der Waals surface area contributed by atoms with Crippen molar-refractivity contribution in [3.8, 4) is 5.75 Å². The quantitative estimate of drug-likeness (QED) is 0.407. The van der Waals surface area contributed by atoms with Gasteiger partial charge >= 0.3 is 6.18 Å². The van der Waals surface area contributed by atoms with Crippen LogP contribution in [-0.4, -0.2) is 17.9 Å². The van der Waals surface area contributed by atoms with Gasteiger partial charge in [0.15, 0.2) is 6.10 Å². The van der Waals surface area contributed by atoms with Gasteiger partial charge in [-0.1, -0.05) is 23.7 Å². The van der Waals surface area contributed by atoms with E-state index in [0.717, 1.165) is 29.3 Å². The average molecular weight is 491 g/mol. The largest absolute Gasteiger partial charge is 0.481 e. The summed E-state index contributed by atoms with van der Waals surface area (Å²) < 4.78 is 44.3. The summed E-state index contributed by atoms with van der Waals surface area (Å²) in [4.78, 5) is 25.0. The molecule has 178 valence electrons. The van der Waals surface area contributed by atoms with Gasteiger partial charge in [-0.15, -0.1) is 0 Å². The van der Waals surface area contributed by atoms with Crippen molar-refractivity contribution in [3.63, 3.8) is 0 Å². The summed E-state index contributed by atoms with van der Waals surface area (Å²) in [6.45, 7) is 5.31. The minimum absolute atomic E-state index is 0.0345. The molecule has 34 heavy (non-hydrogen) atoms. The van der Waals surface area contributed by atoms with Crippen LogP contribution in [-0.2, 0) is 11.0 Å². The van der Waals surface area contributed by atoms with E-state index in [1.807, 2.05) is 32.0 Å². The number of halogens is 4. The predicted octanol–water partition coefficient (Wildman–Crippen LogP) is 6.63. The van der Waals surface area contributed by atoms with E-state index >= 15 is 0 Å². The minimum atomic E-state index is -4.57. The van der Waals surface area contributed by atoms with Crippen molar-refractivity contribution in [2.75, 3.05) is 10.6 Å². The van der Waals surface area contributed by atoms with Crippen LogP contribution in [0.2, 0.25) is 5.02 Å². The molecule has 0 aromatic heterocycles. The number of hydrogen-bond donors (Lipinski definition) is 2. The number of aryl methyl sites for hydroxylation is 1. The Morgan fingerprint density at radius 1 is 0.941 bits per heavy atom. The lowest BCUT2D eigenvalue weighted by Gasteiger charge is -2.17. The topological polar surface area (TPSA) is 67.4 Å². The Morgan fingerprint density at radius 2 is 1.62 bits per heavy atom. The molecule has 1 atom stereocenters. The molecule has 0 spiro atoms. The standard InChI is InChI=1S/C25H22ClF3N2O3/c1-14-5-4-6-21(15(14)2)30-24(33)17-7-10-19(11-8-17)34-16(3)23(32)31-22-13-18(25(27,28)29)9-12-20(22)26/h4-13,16H,1-3H3,(H,30,33)(H,31,32). The van der Waals surface area contributed by atoms with E-state index in [1.54, 1.807) is 12.1 Å². The van der Waals surface area contributed by atoms with Crippen molar-refractivity contribution >= 4 is 34.8 Å². The number of carbonyl (C=O) groups excluding carboxylic acids is 2. The molecule has 0 saturated heterocycles. The highest BCUT2D eigenvalue weighted by Crippen LogP contribution is 2.34. The molecular weight excluding hydrogens is 469 g/mol. The molecule has 2 N–H and O–H groups in total. The zero-order chi connectivity index (χ0) is 25.0. The number of rotatable bonds is 6. The van der Waals surface area contributed by atoms with Crippen LogP contribution in [0.1, 0.15) is 34.0 Å². The third-order valence-corrected chi connectivity index (χ3v) is 5.53. The number of anilines is 2. The van der Waals surface area contributed by atoms with Crippen LogP contribution in [0.25, 0.3) is 0 Å². The summed E-state index contributed by atoms with van der Waals surface area (Å²) in [5.74, 6) is -0.677. The van der Waals surface area contributed by atoms with Gasteiger partial charge in [0.25, 0.3) is 11.8 Å². The second-order valence-corrected chi connectivity index (χ2v) is 8.07. The Morgan fingerprint density at radius 3 is 2.26 bits per heavy atom. The maximum Gasteiger partial charge on any atom is 0.416 e. The normalized spacial score (nSPS) is 12.1. The van der Waals surface area contributed by atoms with Gasteiger partial charge in [-0.05, 0) is 80.4 Å². The second-order valence-electron chi connectivity index (χ2n) is 7.67. The second kappa shape index (κ2) is 10.2. The summed E-state index contributed by atoms with van der Waals surface area (Å²) in [7, 11) is 0. The van der Waals surface area contributed by atoms with E-state index in [4.69, 9.17) is 16.3 Å². The van der Waals surface area contributed by atoms with E-state index in [-0.39, 0.29) is 16.6 Å². The fourth-order valence-electron chi connectivity index (χ4n) is 3.06. The molecule has 9 heteroatoms. The number of nitrogens with one attached hydrogen (secondary N) is 2. The maximum absolute atomic E-state index is 12.9. The zero-order valence-corrected chi connectivity index (χ0v) is 19.3. The van der Waals surface area contributed by atoms with Crippen molar-refractivity contribution in [2.45, 2.75) is 33.1 Å². The zero-order valence-electron chi connectivity index (χ0n) is 18.6. The van der Waals surface area contributed by atoms with Gasteiger partial charge < -0.3 is 15.4 Å². The van der Waals surface area contributed by atoms with Crippen LogP contribution < -0.4 is 15.4 Å². The summed E-state index contributed by atoms with van der Waals surface area (Å²) in [6, 6.07) is 14.4. The minimum Gasteiger partial charge on any atom is -0.481 e. The average Bonchev–Trinajstić information content (AvgIpc) is 2.78. The van der Waals surface area contributed by atoms with Gasteiger partial charge in [-0.3, -0.25) is 9.59 Å². The molecule has 3 rings (SSSR count). The highest BCUT2D eigenvalue weighted by atomic mass is 35.5. The first kappa shape index (κ1) is 25.1. The van der Waals surface area contributed by atoms with Gasteiger partial charge in [0, 0.05) is 11.3 Å². The Labute approximate surface area is 199 Å². The molecule has 1 unspecified atom stereocenters. The van der Waals surface area contributed by atoms with Crippen LogP contribution in [0.5, 0.6) is 5.75 Å². The Kier molecular flexibility index (Phi) is 7.51. The highest BCUT2D eigenvalue weighted by Gasteiger charge is 2.31. The first-order valence-corrected chi connectivity index (χ1v) is 10.7. The van der Waals surface area contributed by atoms with Gasteiger partial charge in [0.2, 0.25) is 0 Å². The van der Waals surface area contributed by atoms with Gasteiger partial charge in [0.05, 0.1) is 16.3 Å². The number of ether oxygens (including phenoxy) is 1. The molecule has 0 radical (unpaired) electrons. The summed E-state index contributed by atoms with van der Waals surface area (Å²) in [5, 5.41) is 5.17. The molecule has 0 aliphatic heterocycles. The first-order chi connectivity index (χ1) is 16.0. The predicted molar refractivity (Wildman–Crippen MR) is 125 cm³/mol. The van der Waals surface area contributed by atoms with E-state index in [9.17, 15) is 22.8 Å². The smallest absolute Gasteiger partial charge is 0.416 e. The number of alkyl halides is 3. The van der Waals surface area contributed by atoms with Crippen LogP contribution in [0, 0.1) is 13.8 Å². The lowest BCUT2D eigenvalue weighted by Crippen LogP contribution is -2.30. The van der Waals surface area contributed by atoms with Gasteiger partial charge in [0.1, 0.15) is 5.75 Å². The van der Waals surface area contributed by atoms with E-state index in [0.29, 0.717) is 17.0 Å². The van der Waals surface area contributed by atoms with Crippen LogP contribution >= 0.6 is 11.6 Å². The van der Waals surface area contributed by atoms with Gasteiger partial charge in [-0.25, -0.2) is 0 Å². The molecular formula is C25H22ClF3N2O3. The van der Waals surface area contributed by atoms with Crippen molar-refractivity contribution in [2.24, 2.45) is 0 Å². The lowest BCUT2D eigenvalue weighted by atomic mass is 10.1. The number of benzene rings is 3. The Bertz CT molecular complexity index is 1210. The molecule has 5 nitrogen and oxygen atoms in total. The van der Waals surface area contributed by atoms with Crippen molar-refractivity contribution in [1.29, 1.82) is 0 Å². The summed E-state index contributed by atoms with van der Waals surface area (Å²) >= 11 is 5.92. The fraction of sp³-hybridized carbons (Fsp3) is 0.200. The summed E-state index contributed by atoms with van der Waals surface area (Å²) in [5.41, 5.74) is 2.02. The maximum atomic E-state index is 12.9. The van der Waals surface area contributed by atoms with E-state index in [1.165, 1.54) is 19.1 Å². The van der Waals surface area contributed by atoms with Crippen molar-refractivity contribution in [1.82, 2.24) is 0 Å². The highest BCUT2D eigenvalue weighted by molar-refractivity contribution is 6.33. The molecule has 0 aliphatic rings. The molecule has 0 saturated carbocycles. The van der Waals surface area contributed by atoms with Crippen molar-refractivity contribution in [3.05, 3.63) is 87.9 Å². The van der Waals surface area contributed by atoms with E-state index in [2.05, 4.69) is 10.6 Å². The van der Waals surface area contributed by atoms with Crippen LogP contribution in [0.15, 0.2) is 60.7 Å². The third-order valence-electron chi connectivity index (χ3n) is 5.20. The monoisotopic (exact) mass is 490 g/mol. The van der Waals surface area contributed by atoms with Crippen LogP contribution in [0.4, 0.5) is 24.5 Å². The third kappa shape index (κ3) is 6.08. The fourth-order valence-corrected chi connectivity index (χ4v) is 3.22. The first-order valence-electron chi connectivity index (χ1n) is 10.3. The Balaban J connectivity index is 1.63. The Hall–Kier alpha value is -3.52. The number of hydrogen-bond acceptors (Lipinski definition) is 3.